The van der Waals surface area contributed by atoms with Crippen LogP contribution >= 0.6 is 0 Å². The third-order valence-electron chi connectivity index (χ3n) is 3.28. The third-order valence-corrected chi connectivity index (χ3v) is 3.28. The number of carbonyl (C=O) groups is 1. The van der Waals surface area contributed by atoms with Crippen LogP contribution in [0.25, 0.3) is 5.82 Å². The van der Waals surface area contributed by atoms with Crippen LogP contribution < -0.4 is 10.6 Å². The minimum Gasteiger partial charge on any atom is -0.308 e. The van der Waals surface area contributed by atoms with Crippen LogP contribution in [0.5, 0.6) is 0 Å². The lowest BCUT2D eigenvalue weighted by molar-refractivity contribution is 0.262. The van der Waals surface area contributed by atoms with Gasteiger partial charge in [0.2, 0.25) is 0 Å². The van der Waals surface area contributed by atoms with E-state index in [1.165, 1.54) is 6.33 Å². The van der Waals surface area contributed by atoms with E-state index in [9.17, 15) is 4.79 Å². The maximum atomic E-state index is 12.0. The maximum Gasteiger partial charge on any atom is 0.324 e. The van der Waals surface area contributed by atoms with Crippen molar-refractivity contribution in [3.05, 3.63) is 60.4 Å². The highest BCUT2D eigenvalue weighted by Gasteiger charge is 2.07. The van der Waals surface area contributed by atoms with E-state index in [4.69, 9.17) is 0 Å². The summed E-state index contributed by atoms with van der Waals surface area (Å²) in [4.78, 5) is 24.4. The number of rotatable bonds is 3. The number of urea groups is 1. The van der Waals surface area contributed by atoms with Gasteiger partial charge in [0.15, 0.2) is 0 Å². The number of aromatic nitrogens is 4. The van der Waals surface area contributed by atoms with Gasteiger partial charge in [-0.2, -0.15) is 0 Å². The number of benzene rings is 1. The fraction of sp³-hybridized carbons (Fsp3) is 0.125. The second-order valence-electron chi connectivity index (χ2n) is 5.05. The molecule has 2 aromatic heterocycles. The lowest BCUT2D eigenvalue weighted by Crippen LogP contribution is -2.20. The zero-order valence-electron chi connectivity index (χ0n) is 12.8. The monoisotopic (exact) mass is 308 g/mol. The van der Waals surface area contributed by atoms with E-state index in [1.54, 1.807) is 18.5 Å². The molecule has 0 aliphatic heterocycles. The van der Waals surface area contributed by atoms with Crippen LogP contribution in [0.1, 0.15) is 11.4 Å². The van der Waals surface area contributed by atoms with Gasteiger partial charge in [0.05, 0.1) is 0 Å². The molecule has 0 saturated heterocycles. The summed E-state index contributed by atoms with van der Waals surface area (Å²) in [5.41, 5.74) is 1.85. The normalized spacial score (nSPS) is 10.3. The van der Waals surface area contributed by atoms with Gasteiger partial charge in [-0.25, -0.2) is 19.7 Å². The number of hydrogen-bond acceptors (Lipinski definition) is 4. The molecule has 0 aliphatic carbocycles. The second-order valence-corrected chi connectivity index (χ2v) is 5.05. The first-order valence-corrected chi connectivity index (χ1v) is 7.09. The van der Waals surface area contributed by atoms with E-state index in [0.717, 1.165) is 11.4 Å². The molecule has 3 rings (SSSR count). The molecule has 2 amide bonds. The molecular weight excluding hydrogens is 292 g/mol. The summed E-state index contributed by atoms with van der Waals surface area (Å²) in [5, 5.41) is 5.45. The van der Waals surface area contributed by atoms with Crippen molar-refractivity contribution in [2.75, 3.05) is 10.6 Å². The Morgan fingerprint density at radius 3 is 2.52 bits per heavy atom. The van der Waals surface area contributed by atoms with Crippen molar-refractivity contribution in [2.45, 2.75) is 13.8 Å². The Hall–Kier alpha value is -3.22. The third kappa shape index (κ3) is 3.52. The summed E-state index contributed by atoms with van der Waals surface area (Å²) in [6, 6.07) is 8.87. The molecule has 2 N–H and O–H groups in total. The zero-order valence-corrected chi connectivity index (χ0v) is 12.8. The minimum atomic E-state index is -0.360. The first-order chi connectivity index (χ1) is 11.1. The molecule has 0 bridgehead atoms. The smallest absolute Gasteiger partial charge is 0.308 e. The molecule has 0 atom stereocenters. The van der Waals surface area contributed by atoms with Crippen LogP contribution in [0.3, 0.4) is 0 Å². The van der Waals surface area contributed by atoms with Crippen LogP contribution in [0.2, 0.25) is 0 Å². The second kappa shape index (κ2) is 6.27. The number of amides is 2. The van der Waals surface area contributed by atoms with Crippen molar-refractivity contribution < 1.29 is 4.79 Å². The van der Waals surface area contributed by atoms with Gasteiger partial charge in [-0.1, -0.05) is 17.7 Å². The Labute approximate surface area is 133 Å². The molecule has 0 fully saturated rings. The van der Waals surface area contributed by atoms with Crippen LogP contribution in [-0.2, 0) is 0 Å². The summed E-state index contributed by atoms with van der Waals surface area (Å²) in [6.07, 6.45) is 4.89. The lowest BCUT2D eigenvalue weighted by atomic mass is 10.2. The van der Waals surface area contributed by atoms with Crippen LogP contribution in [-0.4, -0.2) is 25.6 Å². The van der Waals surface area contributed by atoms with Gasteiger partial charge in [-0.3, -0.25) is 9.88 Å². The molecule has 0 unspecified atom stereocenters. The van der Waals surface area contributed by atoms with Crippen molar-refractivity contribution in [1.29, 1.82) is 0 Å². The molecule has 0 radical (unpaired) electrons. The fourth-order valence-electron chi connectivity index (χ4n) is 2.08. The van der Waals surface area contributed by atoms with Crippen LogP contribution in [0.4, 0.5) is 16.3 Å². The lowest BCUT2D eigenvalue weighted by Gasteiger charge is -2.09. The fourth-order valence-corrected chi connectivity index (χ4v) is 2.08. The van der Waals surface area contributed by atoms with Gasteiger partial charge < -0.3 is 5.32 Å². The molecule has 7 heteroatoms. The summed E-state index contributed by atoms with van der Waals surface area (Å²) in [6.45, 7) is 3.86. The quantitative estimate of drug-likeness (QED) is 0.779. The van der Waals surface area contributed by atoms with Gasteiger partial charge in [0, 0.05) is 24.1 Å². The SMILES string of the molecule is Cc1ccc(NC(=O)Nc2cc(-n3ccnc3C)ncn2)cc1. The molecule has 7 nitrogen and oxygen atoms in total. The Kier molecular flexibility index (Phi) is 4.01. The molecule has 0 saturated carbocycles. The summed E-state index contributed by atoms with van der Waals surface area (Å²) >= 11 is 0. The Balaban J connectivity index is 1.71. The van der Waals surface area contributed by atoms with Gasteiger partial charge in [0.1, 0.15) is 23.8 Å². The number of nitrogens with zero attached hydrogens (tertiary/aromatic N) is 4. The van der Waals surface area contributed by atoms with Gasteiger partial charge in [-0.15, -0.1) is 0 Å². The highest BCUT2D eigenvalue weighted by Crippen LogP contribution is 2.12. The van der Waals surface area contributed by atoms with Crippen molar-refractivity contribution in [1.82, 2.24) is 19.5 Å². The average molecular weight is 308 g/mol. The molecular formula is C16H16N6O. The predicted molar refractivity (Wildman–Crippen MR) is 87.7 cm³/mol. The van der Waals surface area contributed by atoms with Crippen molar-refractivity contribution in [3.63, 3.8) is 0 Å². The van der Waals surface area contributed by atoms with E-state index in [2.05, 4.69) is 25.6 Å². The highest BCUT2D eigenvalue weighted by atomic mass is 16.2. The summed E-state index contributed by atoms with van der Waals surface area (Å²) in [5.74, 6) is 1.85. The van der Waals surface area contributed by atoms with Crippen LogP contribution in [0, 0.1) is 13.8 Å². The Morgan fingerprint density at radius 2 is 1.83 bits per heavy atom. The number of aryl methyl sites for hydroxylation is 2. The number of nitrogens with one attached hydrogen (secondary N) is 2. The largest absolute Gasteiger partial charge is 0.324 e. The first kappa shape index (κ1) is 14.7. The van der Waals surface area contributed by atoms with Crippen molar-refractivity contribution in [3.8, 4) is 5.82 Å². The number of imidazole rings is 1. The molecule has 2 heterocycles. The molecule has 0 aliphatic rings. The highest BCUT2D eigenvalue weighted by molar-refractivity contribution is 5.99. The van der Waals surface area contributed by atoms with Crippen molar-refractivity contribution in [2.24, 2.45) is 0 Å². The predicted octanol–water partition coefficient (Wildman–Crippen LogP) is 2.92. The van der Waals surface area contributed by atoms with Crippen molar-refractivity contribution >= 4 is 17.5 Å². The van der Waals surface area contributed by atoms with E-state index < -0.39 is 0 Å². The van der Waals surface area contributed by atoms with E-state index >= 15 is 0 Å². The van der Waals surface area contributed by atoms with E-state index in [0.29, 0.717) is 17.3 Å². The average Bonchev–Trinajstić information content (AvgIpc) is 2.96. The molecule has 23 heavy (non-hydrogen) atoms. The van der Waals surface area contributed by atoms with E-state index in [1.807, 2.05) is 42.7 Å². The van der Waals surface area contributed by atoms with Crippen LogP contribution in [0.15, 0.2) is 49.1 Å². The summed E-state index contributed by atoms with van der Waals surface area (Å²) in [7, 11) is 0. The number of hydrogen-bond donors (Lipinski definition) is 2. The minimum absolute atomic E-state index is 0.360. The topological polar surface area (TPSA) is 84.7 Å². The van der Waals surface area contributed by atoms with Gasteiger partial charge in [-0.05, 0) is 26.0 Å². The standard InChI is InChI=1S/C16H16N6O/c1-11-3-5-13(6-4-11)20-16(23)21-14-9-15(19-10-18-14)22-8-7-17-12(22)2/h3-10H,1-2H3,(H2,18,19,20,21,23). The molecule has 116 valence electrons. The Bertz CT molecular complexity index is 825. The molecule has 3 aromatic rings. The summed E-state index contributed by atoms with van der Waals surface area (Å²) < 4.78 is 1.81. The molecule has 0 spiro atoms. The Morgan fingerprint density at radius 1 is 1.04 bits per heavy atom. The van der Waals surface area contributed by atoms with Gasteiger partial charge >= 0.3 is 6.03 Å². The van der Waals surface area contributed by atoms with Gasteiger partial charge in [0.25, 0.3) is 0 Å². The zero-order chi connectivity index (χ0) is 16.2. The number of anilines is 2. The number of carbonyl (C=O) groups excluding carboxylic acids is 1. The van der Waals surface area contributed by atoms with E-state index in [-0.39, 0.29) is 6.03 Å². The maximum absolute atomic E-state index is 12.0. The first-order valence-electron chi connectivity index (χ1n) is 7.09. The molecule has 1 aromatic carbocycles.